The van der Waals surface area contributed by atoms with E-state index >= 15 is 0 Å². The molecule has 2 unspecified atom stereocenters. The van der Waals surface area contributed by atoms with Crippen molar-refractivity contribution in [1.82, 2.24) is 15.1 Å². The van der Waals surface area contributed by atoms with E-state index in [0.29, 0.717) is 5.92 Å². The lowest BCUT2D eigenvalue weighted by Gasteiger charge is -2.25. The molecule has 17 heavy (non-hydrogen) atoms. The van der Waals surface area contributed by atoms with Crippen molar-refractivity contribution in [3.05, 3.63) is 18.0 Å². The van der Waals surface area contributed by atoms with Crippen LogP contribution in [0, 0.1) is 5.92 Å². The Labute approximate surface area is 105 Å². The van der Waals surface area contributed by atoms with Gasteiger partial charge < -0.3 is 5.32 Å². The first-order valence-electron chi connectivity index (χ1n) is 7.01. The highest BCUT2D eigenvalue weighted by Gasteiger charge is 2.26. The SMILES string of the molecule is CCNCC1CCCCCC1c1ccnn1C. The Morgan fingerprint density at radius 3 is 2.88 bits per heavy atom. The Morgan fingerprint density at radius 1 is 1.35 bits per heavy atom. The molecule has 2 rings (SSSR count). The van der Waals surface area contributed by atoms with E-state index in [2.05, 4.69) is 35.1 Å². The Bertz CT molecular complexity index is 332. The molecule has 3 heteroatoms. The molecule has 1 aliphatic carbocycles. The topological polar surface area (TPSA) is 29.9 Å². The molecule has 1 saturated carbocycles. The molecule has 0 aliphatic heterocycles. The lowest BCUT2D eigenvalue weighted by Crippen LogP contribution is -2.27. The highest BCUT2D eigenvalue weighted by Crippen LogP contribution is 2.35. The third kappa shape index (κ3) is 3.09. The fourth-order valence-electron chi connectivity index (χ4n) is 3.10. The molecule has 0 radical (unpaired) electrons. The van der Waals surface area contributed by atoms with Crippen molar-refractivity contribution in [3.8, 4) is 0 Å². The van der Waals surface area contributed by atoms with Gasteiger partial charge in [0.2, 0.25) is 0 Å². The molecule has 0 spiro atoms. The zero-order chi connectivity index (χ0) is 12.1. The molecule has 0 aromatic carbocycles. The van der Waals surface area contributed by atoms with E-state index in [1.54, 1.807) is 0 Å². The van der Waals surface area contributed by atoms with Crippen molar-refractivity contribution < 1.29 is 0 Å². The van der Waals surface area contributed by atoms with E-state index in [1.165, 1.54) is 37.8 Å². The summed E-state index contributed by atoms with van der Waals surface area (Å²) in [6, 6.07) is 2.20. The fourth-order valence-corrected chi connectivity index (χ4v) is 3.10. The minimum atomic E-state index is 0.698. The van der Waals surface area contributed by atoms with Gasteiger partial charge in [0.05, 0.1) is 0 Å². The normalized spacial score (nSPS) is 25.8. The second-order valence-electron chi connectivity index (χ2n) is 5.19. The third-order valence-electron chi connectivity index (χ3n) is 4.05. The number of hydrogen-bond acceptors (Lipinski definition) is 2. The molecule has 1 heterocycles. The highest BCUT2D eigenvalue weighted by atomic mass is 15.3. The number of nitrogens with zero attached hydrogens (tertiary/aromatic N) is 2. The Balaban J connectivity index is 2.11. The molecule has 1 aliphatic rings. The van der Waals surface area contributed by atoms with Crippen molar-refractivity contribution in [3.63, 3.8) is 0 Å². The van der Waals surface area contributed by atoms with Gasteiger partial charge in [-0.3, -0.25) is 4.68 Å². The molecule has 1 fully saturated rings. The summed E-state index contributed by atoms with van der Waals surface area (Å²) in [4.78, 5) is 0. The number of rotatable bonds is 4. The number of nitrogens with one attached hydrogen (secondary N) is 1. The van der Waals surface area contributed by atoms with Crippen molar-refractivity contribution in [2.45, 2.75) is 44.9 Å². The highest BCUT2D eigenvalue weighted by molar-refractivity contribution is 5.10. The van der Waals surface area contributed by atoms with Crippen LogP contribution in [0.25, 0.3) is 0 Å². The summed E-state index contributed by atoms with van der Waals surface area (Å²) in [5, 5.41) is 7.86. The summed E-state index contributed by atoms with van der Waals surface area (Å²) in [6.07, 6.45) is 8.79. The second-order valence-corrected chi connectivity index (χ2v) is 5.19. The van der Waals surface area contributed by atoms with E-state index in [0.717, 1.165) is 19.0 Å². The van der Waals surface area contributed by atoms with Gasteiger partial charge in [-0.2, -0.15) is 5.10 Å². The minimum absolute atomic E-state index is 0.698. The van der Waals surface area contributed by atoms with Crippen LogP contribution >= 0.6 is 0 Å². The predicted molar refractivity (Wildman–Crippen MR) is 71.1 cm³/mol. The first-order chi connectivity index (χ1) is 8.33. The maximum absolute atomic E-state index is 4.33. The van der Waals surface area contributed by atoms with Gasteiger partial charge in [-0.1, -0.05) is 26.2 Å². The molecule has 3 nitrogen and oxygen atoms in total. The monoisotopic (exact) mass is 235 g/mol. The van der Waals surface area contributed by atoms with E-state index in [1.807, 2.05) is 6.20 Å². The third-order valence-corrected chi connectivity index (χ3v) is 4.05. The van der Waals surface area contributed by atoms with Crippen LogP contribution in [0.5, 0.6) is 0 Å². The largest absolute Gasteiger partial charge is 0.317 e. The van der Waals surface area contributed by atoms with Crippen molar-refractivity contribution in [1.29, 1.82) is 0 Å². The van der Waals surface area contributed by atoms with Gasteiger partial charge in [-0.15, -0.1) is 0 Å². The summed E-state index contributed by atoms with van der Waals surface area (Å²) in [5.41, 5.74) is 1.43. The first kappa shape index (κ1) is 12.6. The maximum Gasteiger partial charge on any atom is 0.0492 e. The molecule has 1 aromatic heterocycles. The first-order valence-corrected chi connectivity index (χ1v) is 7.01. The average molecular weight is 235 g/mol. The quantitative estimate of drug-likeness (QED) is 0.813. The van der Waals surface area contributed by atoms with Crippen LogP contribution in [0.1, 0.15) is 50.6 Å². The lowest BCUT2D eigenvalue weighted by atomic mass is 9.85. The zero-order valence-corrected chi connectivity index (χ0v) is 11.2. The van der Waals surface area contributed by atoms with E-state index in [-0.39, 0.29) is 0 Å². The van der Waals surface area contributed by atoms with Gasteiger partial charge in [0.15, 0.2) is 0 Å². The van der Waals surface area contributed by atoms with Crippen LogP contribution in [-0.4, -0.2) is 22.9 Å². The van der Waals surface area contributed by atoms with Crippen LogP contribution in [0.2, 0.25) is 0 Å². The van der Waals surface area contributed by atoms with Crippen molar-refractivity contribution >= 4 is 0 Å². The predicted octanol–water partition coefficient (Wildman–Crippen LogP) is 2.69. The number of hydrogen-bond donors (Lipinski definition) is 1. The molecule has 0 saturated heterocycles. The molecule has 0 amide bonds. The van der Waals surface area contributed by atoms with Crippen LogP contribution in [0.4, 0.5) is 0 Å². The van der Waals surface area contributed by atoms with Gasteiger partial charge >= 0.3 is 0 Å². The molecule has 96 valence electrons. The van der Waals surface area contributed by atoms with Gasteiger partial charge in [0.25, 0.3) is 0 Å². The van der Waals surface area contributed by atoms with Crippen LogP contribution in [0.3, 0.4) is 0 Å². The zero-order valence-electron chi connectivity index (χ0n) is 11.2. The van der Waals surface area contributed by atoms with Gasteiger partial charge in [0.1, 0.15) is 0 Å². The van der Waals surface area contributed by atoms with Gasteiger partial charge in [-0.25, -0.2) is 0 Å². The standard InChI is InChI=1S/C14H25N3/c1-3-15-11-12-7-5-4-6-8-13(12)14-9-10-16-17(14)2/h9-10,12-13,15H,3-8,11H2,1-2H3. The maximum atomic E-state index is 4.33. The van der Waals surface area contributed by atoms with Crippen LogP contribution in [0.15, 0.2) is 12.3 Å². The van der Waals surface area contributed by atoms with Crippen LogP contribution < -0.4 is 5.32 Å². The summed E-state index contributed by atoms with van der Waals surface area (Å²) < 4.78 is 2.06. The van der Waals surface area contributed by atoms with Crippen molar-refractivity contribution in [2.75, 3.05) is 13.1 Å². The van der Waals surface area contributed by atoms with Gasteiger partial charge in [0, 0.05) is 24.9 Å². The van der Waals surface area contributed by atoms with Gasteiger partial charge in [-0.05, 0) is 37.9 Å². The molecule has 1 N–H and O–H groups in total. The molecule has 2 atom stereocenters. The summed E-state index contributed by atoms with van der Waals surface area (Å²) in [5.74, 6) is 1.48. The summed E-state index contributed by atoms with van der Waals surface area (Å²) in [6.45, 7) is 4.43. The van der Waals surface area contributed by atoms with E-state index < -0.39 is 0 Å². The smallest absolute Gasteiger partial charge is 0.0492 e. The van der Waals surface area contributed by atoms with Crippen molar-refractivity contribution in [2.24, 2.45) is 13.0 Å². The number of aryl methyl sites for hydroxylation is 1. The molecular weight excluding hydrogens is 210 g/mol. The Kier molecular flexibility index (Phi) is 4.60. The molecular formula is C14H25N3. The minimum Gasteiger partial charge on any atom is -0.317 e. The second kappa shape index (κ2) is 6.20. The summed E-state index contributed by atoms with van der Waals surface area (Å²) >= 11 is 0. The lowest BCUT2D eigenvalue weighted by molar-refractivity contribution is 0.364. The Morgan fingerprint density at radius 2 is 2.18 bits per heavy atom. The van der Waals surface area contributed by atoms with E-state index in [9.17, 15) is 0 Å². The van der Waals surface area contributed by atoms with Crippen LogP contribution in [-0.2, 0) is 7.05 Å². The number of aromatic nitrogens is 2. The average Bonchev–Trinajstić information content (AvgIpc) is 2.63. The molecule has 1 aromatic rings. The van der Waals surface area contributed by atoms with E-state index in [4.69, 9.17) is 0 Å². The fraction of sp³-hybridized carbons (Fsp3) is 0.786. The summed E-state index contributed by atoms with van der Waals surface area (Å²) in [7, 11) is 2.07. The molecule has 0 bridgehead atoms. The Hall–Kier alpha value is -0.830.